The number of aliphatic hydroxyl groups is 2. The quantitative estimate of drug-likeness (QED) is 0.390. The Bertz CT molecular complexity index is 943. The van der Waals surface area contributed by atoms with Crippen LogP contribution in [0.25, 0.3) is 0 Å². The number of carboxylic acids is 1. The number of hydrogen-bond donors (Lipinski definition) is 3. The molecule has 9 heteroatoms. The number of carboxylic acid groups (broad SMARTS) is 1. The van der Waals surface area contributed by atoms with Crippen LogP contribution < -0.4 is 0 Å². The number of nitrogens with zero attached hydrogens (tertiary/aromatic N) is 1. The maximum Gasteiger partial charge on any atom is 0.344 e. The molecule has 0 unspecified atom stereocenters. The van der Waals surface area contributed by atoms with Gasteiger partial charge in [-0.1, -0.05) is 24.6 Å². The van der Waals surface area contributed by atoms with Crippen LogP contribution in [0.1, 0.15) is 65.7 Å². The fraction of sp³-hybridized carbons (Fsp3) is 0.760. The smallest absolute Gasteiger partial charge is 0.344 e. The van der Waals surface area contributed by atoms with Crippen LogP contribution in [0.4, 0.5) is 0 Å². The summed E-state index contributed by atoms with van der Waals surface area (Å²) in [6, 6.07) is 0. The number of aliphatic carboxylic acids is 1. The predicted octanol–water partition coefficient (Wildman–Crippen LogP) is 2.24. The summed E-state index contributed by atoms with van der Waals surface area (Å²) in [6.07, 6.45) is 5.66. The van der Waals surface area contributed by atoms with Crippen molar-refractivity contribution >= 4 is 23.4 Å². The van der Waals surface area contributed by atoms with E-state index in [0.29, 0.717) is 31.4 Å². The van der Waals surface area contributed by atoms with Gasteiger partial charge in [0.1, 0.15) is 5.60 Å². The highest BCUT2D eigenvalue weighted by molar-refractivity contribution is 5.96. The van der Waals surface area contributed by atoms with Crippen LogP contribution in [0.5, 0.6) is 0 Å². The van der Waals surface area contributed by atoms with E-state index < -0.39 is 48.1 Å². The fourth-order valence-corrected chi connectivity index (χ4v) is 7.69. The number of rotatable bonds is 6. The molecule has 0 bridgehead atoms. The molecule has 0 aromatic rings. The van der Waals surface area contributed by atoms with Crippen molar-refractivity contribution in [2.24, 2.45) is 33.7 Å². The lowest BCUT2D eigenvalue weighted by molar-refractivity contribution is -0.183. The summed E-state index contributed by atoms with van der Waals surface area (Å²) in [6.45, 7) is 4.40. The summed E-state index contributed by atoms with van der Waals surface area (Å²) in [5.74, 6) is -1.88. The molecular formula is C25H35NO8. The number of esters is 1. The zero-order chi connectivity index (χ0) is 24.9. The summed E-state index contributed by atoms with van der Waals surface area (Å²) >= 11 is 0. The molecule has 4 rings (SSSR count). The van der Waals surface area contributed by atoms with Gasteiger partial charge in [0.15, 0.2) is 6.61 Å². The van der Waals surface area contributed by atoms with Gasteiger partial charge < -0.3 is 24.9 Å². The summed E-state index contributed by atoms with van der Waals surface area (Å²) < 4.78 is 4.90. The van der Waals surface area contributed by atoms with Gasteiger partial charge in [0.25, 0.3) is 0 Å². The Morgan fingerprint density at radius 1 is 1.15 bits per heavy atom. The van der Waals surface area contributed by atoms with Gasteiger partial charge in [-0.3, -0.25) is 9.59 Å². The van der Waals surface area contributed by atoms with Gasteiger partial charge in [0, 0.05) is 12.3 Å². The molecule has 0 radical (unpaired) electrons. The van der Waals surface area contributed by atoms with Gasteiger partial charge in [-0.2, -0.15) is 0 Å². The van der Waals surface area contributed by atoms with Crippen LogP contribution in [0.2, 0.25) is 0 Å². The summed E-state index contributed by atoms with van der Waals surface area (Å²) in [7, 11) is 0. The number of ether oxygens (including phenoxy) is 1. The van der Waals surface area contributed by atoms with Crippen molar-refractivity contribution in [1.82, 2.24) is 0 Å². The number of carbonyl (C=O) groups excluding carboxylic acids is 2. The third kappa shape index (κ3) is 3.86. The zero-order valence-electron chi connectivity index (χ0n) is 20.1. The SMILES string of the molecule is CC(=O)OCC(=O)[C@@]1(O)CC[C@H]2[C@@H]3CCC4=CC(=NOCC(=O)O)CC[C@]4(C)[C@H]3[C@@H](O)C[C@@]21C. The average Bonchev–Trinajstić information content (AvgIpc) is 3.03. The van der Waals surface area contributed by atoms with E-state index in [2.05, 4.69) is 12.1 Å². The van der Waals surface area contributed by atoms with E-state index in [9.17, 15) is 24.6 Å². The molecule has 0 aromatic carbocycles. The molecule has 3 fully saturated rings. The first-order valence-electron chi connectivity index (χ1n) is 12.1. The number of allylic oxidation sites excluding steroid dienone is 2. The first kappa shape index (κ1) is 24.9. The molecule has 9 nitrogen and oxygen atoms in total. The standard InChI is InChI=1S/C25H35NO8/c1-14(27)33-12-20(29)25(32)9-7-18-17-5-4-15-10-16(26-34-13-21(30)31)6-8-23(15,2)22(17)19(28)11-24(18,25)3/h10,17-19,22,28,32H,4-9,11-13H2,1-3H3,(H,30,31)/t17-,18-,19-,22+,23-,24-,25-/m0/s1. The van der Waals surface area contributed by atoms with E-state index in [1.54, 1.807) is 0 Å². The van der Waals surface area contributed by atoms with Crippen molar-refractivity contribution in [2.45, 2.75) is 77.4 Å². The Hall–Kier alpha value is -2.26. The van der Waals surface area contributed by atoms with Crippen molar-refractivity contribution < 1.29 is 39.3 Å². The van der Waals surface area contributed by atoms with E-state index in [0.717, 1.165) is 19.3 Å². The maximum atomic E-state index is 13.0. The molecule has 4 aliphatic carbocycles. The highest BCUT2D eigenvalue weighted by atomic mass is 16.6. The lowest BCUT2D eigenvalue weighted by atomic mass is 9.45. The number of oxime groups is 1. The van der Waals surface area contributed by atoms with Crippen molar-refractivity contribution in [3.05, 3.63) is 11.6 Å². The van der Waals surface area contributed by atoms with Gasteiger partial charge in [0.05, 0.1) is 11.8 Å². The highest BCUT2D eigenvalue weighted by Crippen LogP contribution is 2.67. The molecule has 3 saturated carbocycles. The van der Waals surface area contributed by atoms with Crippen LogP contribution in [0, 0.1) is 28.6 Å². The molecule has 34 heavy (non-hydrogen) atoms. The second-order valence-electron chi connectivity index (χ2n) is 11.0. The Morgan fingerprint density at radius 2 is 1.88 bits per heavy atom. The predicted molar refractivity (Wildman–Crippen MR) is 121 cm³/mol. The molecule has 4 aliphatic rings. The first-order valence-corrected chi connectivity index (χ1v) is 12.1. The van der Waals surface area contributed by atoms with Crippen LogP contribution in [-0.4, -0.2) is 63.7 Å². The summed E-state index contributed by atoms with van der Waals surface area (Å²) in [5, 5.41) is 35.8. The molecule has 7 atom stereocenters. The van der Waals surface area contributed by atoms with E-state index in [-0.39, 0.29) is 23.2 Å². The van der Waals surface area contributed by atoms with E-state index in [4.69, 9.17) is 14.7 Å². The summed E-state index contributed by atoms with van der Waals surface area (Å²) in [5.41, 5.74) is -0.732. The monoisotopic (exact) mass is 477 g/mol. The van der Waals surface area contributed by atoms with Crippen molar-refractivity contribution in [1.29, 1.82) is 0 Å². The minimum Gasteiger partial charge on any atom is -0.479 e. The highest BCUT2D eigenvalue weighted by Gasteiger charge is 2.68. The Kier molecular flexibility index (Phi) is 6.40. The molecule has 0 aromatic heterocycles. The number of ketones is 1. The Balaban J connectivity index is 1.58. The van der Waals surface area contributed by atoms with Crippen molar-refractivity contribution in [3.8, 4) is 0 Å². The van der Waals surface area contributed by atoms with E-state index in [1.165, 1.54) is 12.5 Å². The molecule has 3 N–H and O–H groups in total. The van der Waals surface area contributed by atoms with Crippen LogP contribution in [0.3, 0.4) is 0 Å². The zero-order valence-corrected chi connectivity index (χ0v) is 20.1. The van der Waals surface area contributed by atoms with Crippen molar-refractivity contribution in [3.63, 3.8) is 0 Å². The molecule has 0 aliphatic heterocycles. The Morgan fingerprint density at radius 3 is 2.56 bits per heavy atom. The molecule has 0 saturated heterocycles. The minimum absolute atomic E-state index is 0.00187. The largest absolute Gasteiger partial charge is 0.479 e. The van der Waals surface area contributed by atoms with Crippen molar-refractivity contribution in [2.75, 3.05) is 13.2 Å². The molecule has 0 amide bonds. The second-order valence-corrected chi connectivity index (χ2v) is 11.0. The molecule has 0 spiro atoms. The number of aliphatic hydroxyl groups excluding tert-OH is 1. The number of Topliss-reactive ketones (excluding diaryl/α,β-unsaturated/α-hetero) is 1. The topological polar surface area (TPSA) is 143 Å². The molecule has 188 valence electrons. The van der Waals surface area contributed by atoms with Gasteiger partial charge in [-0.05, 0) is 74.2 Å². The average molecular weight is 478 g/mol. The third-order valence-electron chi connectivity index (χ3n) is 9.30. The van der Waals surface area contributed by atoms with Crippen LogP contribution in [-0.2, 0) is 24.0 Å². The number of hydrogen-bond acceptors (Lipinski definition) is 8. The van der Waals surface area contributed by atoms with Crippen LogP contribution >= 0.6 is 0 Å². The second kappa shape index (κ2) is 8.75. The number of carbonyl (C=O) groups is 3. The van der Waals surface area contributed by atoms with Gasteiger partial charge in [0.2, 0.25) is 12.4 Å². The van der Waals surface area contributed by atoms with Crippen LogP contribution in [0.15, 0.2) is 16.8 Å². The fourth-order valence-electron chi connectivity index (χ4n) is 7.69. The van der Waals surface area contributed by atoms with E-state index >= 15 is 0 Å². The first-order chi connectivity index (χ1) is 15.9. The van der Waals surface area contributed by atoms with Gasteiger partial charge >= 0.3 is 11.9 Å². The Labute approximate surface area is 199 Å². The van der Waals surface area contributed by atoms with E-state index in [1.807, 2.05) is 13.0 Å². The molecule has 0 heterocycles. The van der Waals surface area contributed by atoms with Gasteiger partial charge in [-0.15, -0.1) is 0 Å². The molecular weight excluding hydrogens is 442 g/mol. The normalized spacial score (nSPS) is 42.1. The maximum absolute atomic E-state index is 13.0. The van der Waals surface area contributed by atoms with Gasteiger partial charge in [-0.25, -0.2) is 4.79 Å². The lowest BCUT2D eigenvalue weighted by Gasteiger charge is -2.60. The lowest BCUT2D eigenvalue weighted by Crippen LogP contribution is -2.62. The number of fused-ring (bicyclic) bond motifs is 5. The summed E-state index contributed by atoms with van der Waals surface area (Å²) in [4.78, 5) is 39.8. The minimum atomic E-state index is -1.62. The third-order valence-corrected chi connectivity index (χ3v) is 9.30.